The van der Waals surface area contributed by atoms with Gasteiger partial charge in [-0.3, -0.25) is 14.4 Å². The molecule has 0 unspecified atom stereocenters. The summed E-state index contributed by atoms with van der Waals surface area (Å²) in [5, 5.41) is 0.191. The zero-order chi connectivity index (χ0) is 27.4. The summed E-state index contributed by atoms with van der Waals surface area (Å²) in [6.07, 6.45) is 7.21. The van der Waals surface area contributed by atoms with Gasteiger partial charge in [-0.2, -0.15) is 0 Å². The molecule has 8 nitrogen and oxygen atoms in total. The Labute approximate surface area is 226 Å². The third-order valence-electron chi connectivity index (χ3n) is 9.30. The van der Waals surface area contributed by atoms with Crippen LogP contribution in [0.15, 0.2) is 12.1 Å². The Bertz CT molecular complexity index is 1250. The van der Waals surface area contributed by atoms with Crippen LogP contribution in [0.5, 0.6) is 0 Å². The molecule has 3 aliphatic rings. The monoisotopic (exact) mass is 538 g/mol. The van der Waals surface area contributed by atoms with Crippen molar-refractivity contribution in [2.45, 2.75) is 95.5 Å². The molecule has 0 bridgehead atoms. The average molecular weight is 539 g/mol. The number of nitrogens with zero attached hydrogens (tertiary/aromatic N) is 4. The summed E-state index contributed by atoms with van der Waals surface area (Å²) in [4.78, 5) is 46.6. The van der Waals surface area contributed by atoms with Crippen molar-refractivity contribution in [2.75, 3.05) is 19.6 Å². The van der Waals surface area contributed by atoms with Crippen molar-refractivity contribution < 1.29 is 18.8 Å². The predicted octanol–water partition coefficient (Wildman–Crippen LogP) is 4.88. The number of aromatic nitrogens is 2. The summed E-state index contributed by atoms with van der Waals surface area (Å²) in [5.41, 5.74) is 3.00. The normalized spacial score (nSPS) is 23.3. The number of benzene rings is 1. The van der Waals surface area contributed by atoms with Gasteiger partial charge in [0, 0.05) is 37.8 Å². The molecule has 1 aromatic heterocycles. The Balaban J connectivity index is 1.22. The Morgan fingerprint density at radius 3 is 2.34 bits per heavy atom. The number of aldehydes is 1. The van der Waals surface area contributed by atoms with E-state index >= 15 is 0 Å². The molecule has 0 N–H and O–H groups in total. The van der Waals surface area contributed by atoms with Crippen LogP contribution in [0.3, 0.4) is 0 Å². The van der Waals surface area contributed by atoms with Crippen LogP contribution >= 0.6 is 0 Å². The van der Waals surface area contributed by atoms with Crippen LogP contribution in [-0.4, -0.2) is 77.5 Å². The summed E-state index contributed by atoms with van der Waals surface area (Å²) in [6, 6.07) is 4.17. The van der Waals surface area contributed by atoms with Crippen LogP contribution in [0.1, 0.15) is 91.8 Å². The Morgan fingerprint density at radius 2 is 1.76 bits per heavy atom. The highest BCUT2D eigenvalue weighted by atomic mass is 28.4. The fourth-order valence-electron chi connectivity index (χ4n) is 5.73. The van der Waals surface area contributed by atoms with Crippen molar-refractivity contribution in [2.24, 2.45) is 7.05 Å². The molecule has 2 amide bonds. The smallest absolute Gasteiger partial charge is 0.290 e. The molecule has 5 rings (SSSR count). The molecule has 2 saturated carbocycles. The maximum absolute atomic E-state index is 13.5. The SMILES string of the molecule is Cn1c(C(=O)N2CCN(C3CCC(O[Si](C)(C)C(C)(C)C)CC3)C(=O)C2)nc2c(C=O)cc(C3CC3)cc21. The fraction of sp³-hybridized carbons (Fsp3) is 0.655. The molecular formula is C29H42N4O4Si. The minimum absolute atomic E-state index is 0.00160. The Hall–Kier alpha value is -2.52. The van der Waals surface area contributed by atoms with Crippen LogP contribution in [0.25, 0.3) is 11.0 Å². The van der Waals surface area contributed by atoms with Crippen LogP contribution in [0.4, 0.5) is 0 Å². The first-order chi connectivity index (χ1) is 17.9. The first-order valence-corrected chi connectivity index (χ1v) is 17.0. The number of aryl methyl sites for hydroxylation is 1. The van der Waals surface area contributed by atoms with E-state index in [2.05, 4.69) is 44.9 Å². The van der Waals surface area contributed by atoms with Gasteiger partial charge in [0.05, 0.1) is 11.0 Å². The molecule has 9 heteroatoms. The van der Waals surface area contributed by atoms with Gasteiger partial charge in [-0.05, 0) is 80.3 Å². The Morgan fingerprint density at radius 1 is 1.08 bits per heavy atom. The number of hydrogen-bond acceptors (Lipinski definition) is 5. The lowest BCUT2D eigenvalue weighted by Crippen LogP contribution is -2.56. The molecule has 1 aromatic carbocycles. The van der Waals surface area contributed by atoms with Gasteiger partial charge in [-0.15, -0.1) is 0 Å². The lowest BCUT2D eigenvalue weighted by Gasteiger charge is -2.44. The number of rotatable bonds is 6. The van der Waals surface area contributed by atoms with Crippen molar-refractivity contribution in [1.82, 2.24) is 19.4 Å². The van der Waals surface area contributed by atoms with Crippen LogP contribution < -0.4 is 0 Å². The summed E-state index contributed by atoms with van der Waals surface area (Å²) in [7, 11) is 0.0132. The minimum atomic E-state index is -1.80. The molecule has 2 heterocycles. The molecule has 0 radical (unpaired) electrons. The van der Waals surface area contributed by atoms with Gasteiger partial charge in [-0.1, -0.05) is 20.8 Å². The molecule has 0 spiro atoms. The van der Waals surface area contributed by atoms with Crippen molar-refractivity contribution in [3.05, 3.63) is 29.1 Å². The number of carbonyl (C=O) groups is 3. The van der Waals surface area contributed by atoms with Gasteiger partial charge in [0.1, 0.15) is 6.54 Å². The Kier molecular flexibility index (Phi) is 7.05. The van der Waals surface area contributed by atoms with Crippen LogP contribution in [-0.2, 0) is 16.3 Å². The van der Waals surface area contributed by atoms with E-state index in [9.17, 15) is 14.4 Å². The van der Waals surface area contributed by atoms with Crippen LogP contribution in [0, 0.1) is 0 Å². The predicted molar refractivity (Wildman–Crippen MR) is 150 cm³/mol. The van der Waals surface area contributed by atoms with E-state index in [0.29, 0.717) is 30.1 Å². The summed E-state index contributed by atoms with van der Waals surface area (Å²) < 4.78 is 8.41. The first-order valence-electron chi connectivity index (χ1n) is 14.1. The quantitative estimate of drug-likeness (QED) is 0.387. The van der Waals surface area contributed by atoms with E-state index in [1.54, 1.807) is 9.47 Å². The topological polar surface area (TPSA) is 84.7 Å². The van der Waals surface area contributed by atoms with Gasteiger partial charge in [-0.25, -0.2) is 4.98 Å². The van der Waals surface area contributed by atoms with Gasteiger partial charge < -0.3 is 18.8 Å². The van der Waals surface area contributed by atoms with E-state index in [0.717, 1.165) is 55.9 Å². The number of carbonyl (C=O) groups excluding carboxylic acids is 3. The number of piperazine rings is 1. The highest BCUT2D eigenvalue weighted by Crippen LogP contribution is 2.42. The van der Waals surface area contributed by atoms with Gasteiger partial charge >= 0.3 is 0 Å². The molecule has 206 valence electrons. The number of fused-ring (bicyclic) bond motifs is 1. The maximum Gasteiger partial charge on any atom is 0.290 e. The van der Waals surface area contributed by atoms with Crippen molar-refractivity contribution in [3.63, 3.8) is 0 Å². The molecule has 2 aliphatic carbocycles. The highest BCUT2D eigenvalue weighted by molar-refractivity contribution is 6.74. The van der Waals surface area contributed by atoms with Crippen molar-refractivity contribution >= 4 is 37.5 Å². The summed E-state index contributed by atoms with van der Waals surface area (Å²) in [6.45, 7) is 12.5. The second-order valence-corrected chi connectivity index (χ2v) is 17.7. The lowest BCUT2D eigenvalue weighted by atomic mass is 9.91. The zero-order valence-electron chi connectivity index (χ0n) is 23.7. The largest absolute Gasteiger partial charge is 0.414 e. The number of amides is 2. The second kappa shape index (κ2) is 9.90. The van der Waals surface area contributed by atoms with Gasteiger partial charge in [0.15, 0.2) is 20.4 Å². The van der Waals surface area contributed by atoms with E-state index in [1.165, 1.54) is 0 Å². The number of hydrogen-bond donors (Lipinski definition) is 0. The zero-order valence-corrected chi connectivity index (χ0v) is 24.7. The molecule has 1 aliphatic heterocycles. The molecule has 3 fully saturated rings. The third kappa shape index (κ3) is 5.07. The number of imidazole rings is 1. The first kappa shape index (κ1) is 27.1. The van der Waals surface area contributed by atoms with E-state index in [-0.39, 0.29) is 41.4 Å². The van der Waals surface area contributed by atoms with Gasteiger partial charge in [0.2, 0.25) is 5.91 Å². The molecule has 38 heavy (non-hydrogen) atoms. The molecular weight excluding hydrogens is 496 g/mol. The van der Waals surface area contributed by atoms with Gasteiger partial charge in [0.25, 0.3) is 5.91 Å². The summed E-state index contributed by atoms with van der Waals surface area (Å²) >= 11 is 0. The van der Waals surface area contributed by atoms with Crippen molar-refractivity contribution in [1.29, 1.82) is 0 Å². The van der Waals surface area contributed by atoms with E-state index < -0.39 is 8.32 Å². The highest BCUT2D eigenvalue weighted by Gasteiger charge is 2.41. The third-order valence-corrected chi connectivity index (χ3v) is 13.8. The lowest BCUT2D eigenvalue weighted by molar-refractivity contribution is -0.138. The second-order valence-electron chi connectivity index (χ2n) is 13.0. The maximum atomic E-state index is 13.5. The molecule has 1 saturated heterocycles. The minimum Gasteiger partial charge on any atom is -0.414 e. The molecule has 2 aromatic rings. The summed E-state index contributed by atoms with van der Waals surface area (Å²) in [5.74, 6) is 0.516. The molecule has 0 atom stereocenters. The van der Waals surface area contributed by atoms with E-state index in [1.807, 2.05) is 18.0 Å². The average Bonchev–Trinajstić information content (AvgIpc) is 3.66. The standard InChI is InChI=1S/C29H42N4O4Si/c1-29(2,3)38(5,6)37-23-11-9-22(10-12-23)33-14-13-32(17-25(33)35)28(36)27-30-26-21(18-34)15-20(19-7-8-19)16-24(26)31(27)4/h15-16,18-19,22-23H,7-14,17H2,1-6H3. The van der Waals surface area contributed by atoms with Crippen LogP contribution in [0.2, 0.25) is 18.1 Å². The van der Waals surface area contributed by atoms with E-state index in [4.69, 9.17) is 4.43 Å². The van der Waals surface area contributed by atoms with Crippen molar-refractivity contribution in [3.8, 4) is 0 Å². The fourth-order valence-corrected chi connectivity index (χ4v) is 7.15.